The average molecular weight is 258 g/mol. The van der Waals surface area contributed by atoms with Gasteiger partial charge in [-0.3, -0.25) is 4.79 Å². The van der Waals surface area contributed by atoms with E-state index in [4.69, 9.17) is 11.6 Å². The van der Waals surface area contributed by atoms with Crippen LogP contribution in [0.4, 0.5) is 0 Å². The lowest BCUT2D eigenvalue weighted by molar-refractivity contribution is 0.102. The molecule has 0 atom stereocenters. The van der Waals surface area contributed by atoms with Crippen LogP contribution in [0.15, 0.2) is 11.4 Å². The van der Waals surface area contributed by atoms with Crippen molar-refractivity contribution in [3.05, 3.63) is 27.0 Å². The third-order valence-corrected chi connectivity index (χ3v) is 4.68. The SMILES string of the molecule is CC(=O)c1sc(-c2sccc2Cl)nc1C. The monoisotopic (exact) mass is 257 g/mol. The molecule has 0 fully saturated rings. The van der Waals surface area contributed by atoms with Gasteiger partial charge in [-0.15, -0.1) is 22.7 Å². The van der Waals surface area contributed by atoms with Crippen LogP contribution < -0.4 is 0 Å². The first-order valence-electron chi connectivity index (χ1n) is 4.31. The minimum Gasteiger partial charge on any atom is -0.294 e. The van der Waals surface area contributed by atoms with Crippen molar-refractivity contribution >= 4 is 40.1 Å². The maximum atomic E-state index is 11.3. The first kappa shape index (κ1) is 10.8. The second kappa shape index (κ2) is 4.04. The van der Waals surface area contributed by atoms with E-state index in [-0.39, 0.29) is 5.78 Å². The Hall–Kier alpha value is -0.710. The van der Waals surface area contributed by atoms with E-state index in [0.717, 1.165) is 20.5 Å². The Kier molecular flexibility index (Phi) is 2.91. The summed E-state index contributed by atoms with van der Waals surface area (Å²) in [5, 5.41) is 3.45. The molecule has 0 spiro atoms. The van der Waals surface area contributed by atoms with Gasteiger partial charge in [0, 0.05) is 6.92 Å². The van der Waals surface area contributed by atoms with Gasteiger partial charge in [-0.25, -0.2) is 4.98 Å². The number of aryl methyl sites for hydroxylation is 1. The molecule has 0 aliphatic rings. The van der Waals surface area contributed by atoms with Crippen LogP contribution in [0.25, 0.3) is 9.88 Å². The van der Waals surface area contributed by atoms with Crippen LogP contribution in [-0.2, 0) is 0 Å². The van der Waals surface area contributed by atoms with Crippen molar-refractivity contribution in [1.82, 2.24) is 4.98 Å². The van der Waals surface area contributed by atoms with Crippen LogP contribution in [0.5, 0.6) is 0 Å². The molecule has 0 aliphatic carbocycles. The number of ketones is 1. The molecule has 0 saturated heterocycles. The van der Waals surface area contributed by atoms with E-state index >= 15 is 0 Å². The zero-order valence-corrected chi connectivity index (χ0v) is 10.6. The molecule has 0 saturated carbocycles. The van der Waals surface area contributed by atoms with Crippen LogP contribution in [0.2, 0.25) is 5.02 Å². The van der Waals surface area contributed by atoms with Crippen molar-refractivity contribution in [3.8, 4) is 9.88 Å². The highest BCUT2D eigenvalue weighted by molar-refractivity contribution is 7.22. The molecular weight excluding hydrogens is 250 g/mol. The summed E-state index contributed by atoms with van der Waals surface area (Å²) in [5.74, 6) is 0.0592. The fraction of sp³-hybridized carbons (Fsp3) is 0.200. The molecule has 2 aromatic heterocycles. The first-order chi connectivity index (χ1) is 7.09. The van der Waals surface area contributed by atoms with Crippen molar-refractivity contribution < 1.29 is 4.79 Å². The van der Waals surface area contributed by atoms with E-state index in [2.05, 4.69) is 4.98 Å². The van der Waals surface area contributed by atoms with Crippen LogP contribution in [-0.4, -0.2) is 10.8 Å². The molecule has 0 bridgehead atoms. The number of carbonyl (C=O) groups is 1. The van der Waals surface area contributed by atoms with Gasteiger partial charge in [-0.05, 0) is 18.4 Å². The van der Waals surface area contributed by atoms with Crippen molar-refractivity contribution in [2.45, 2.75) is 13.8 Å². The third kappa shape index (κ3) is 1.97. The van der Waals surface area contributed by atoms with Gasteiger partial charge in [-0.1, -0.05) is 11.6 Å². The maximum Gasteiger partial charge on any atom is 0.171 e. The second-order valence-electron chi connectivity index (χ2n) is 3.09. The molecule has 0 aromatic carbocycles. The molecular formula is C10H8ClNOS2. The highest BCUT2D eigenvalue weighted by atomic mass is 35.5. The summed E-state index contributed by atoms with van der Waals surface area (Å²) in [6.45, 7) is 3.40. The standard InChI is InChI=1S/C10H8ClNOS2/c1-5-8(6(2)13)15-10(12-5)9-7(11)3-4-14-9/h3-4H,1-2H3. The summed E-state index contributed by atoms with van der Waals surface area (Å²) < 4.78 is 0. The summed E-state index contributed by atoms with van der Waals surface area (Å²) in [6, 6.07) is 1.84. The minimum absolute atomic E-state index is 0.0592. The molecule has 0 aliphatic heterocycles. The van der Waals surface area contributed by atoms with Gasteiger partial charge in [0.25, 0.3) is 0 Å². The smallest absolute Gasteiger partial charge is 0.171 e. The number of hydrogen-bond donors (Lipinski definition) is 0. The van der Waals surface area contributed by atoms with Crippen molar-refractivity contribution in [2.75, 3.05) is 0 Å². The van der Waals surface area contributed by atoms with E-state index < -0.39 is 0 Å². The third-order valence-electron chi connectivity index (χ3n) is 1.93. The van der Waals surface area contributed by atoms with Gasteiger partial charge in [-0.2, -0.15) is 0 Å². The number of nitrogens with zero attached hydrogens (tertiary/aromatic N) is 1. The van der Waals surface area contributed by atoms with Crippen LogP contribution in [0.3, 0.4) is 0 Å². The molecule has 2 rings (SSSR count). The Labute approximate surface area is 101 Å². The van der Waals surface area contributed by atoms with Crippen molar-refractivity contribution in [2.24, 2.45) is 0 Å². The number of carbonyl (C=O) groups excluding carboxylic acids is 1. The molecule has 2 nitrogen and oxygen atoms in total. The fourth-order valence-electron chi connectivity index (χ4n) is 1.27. The predicted octanol–water partition coefficient (Wildman–Crippen LogP) is 4.04. The van der Waals surface area contributed by atoms with Gasteiger partial charge < -0.3 is 0 Å². The number of thiophene rings is 1. The molecule has 5 heteroatoms. The zero-order chi connectivity index (χ0) is 11.0. The molecule has 0 amide bonds. The van der Waals surface area contributed by atoms with Gasteiger partial charge in [0.2, 0.25) is 0 Å². The fourth-order valence-corrected chi connectivity index (χ4v) is 3.54. The van der Waals surface area contributed by atoms with Crippen LogP contribution in [0.1, 0.15) is 22.3 Å². The summed E-state index contributed by atoms with van der Waals surface area (Å²) >= 11 is 8.95. The van der Waals surface area contributed by atoms with E-state index in [0.29, 0.717) is 5.02 Å². The zero-order valence-electron chi connectivity index (χ0n) is 8.20. The van der Waals surface area contributed by atoms with Gasteiger partial charge >= 0.3 is 0 Å². The highest BCUT2D eigenvalue weighted by Gasteiger charge is 2.15. The van der Waals surface area contributed by atoms with Crippen LogP contribution in [0, 0.1) is 6.92 Å². The van der Waals surface area contributed by atoms with Crippen molar-refractivity contribution in [3.63, 3.8) is 0 Å². The number of rotatable bonds is 2. The molecule has 15 heavy (non-hydrogen) atoms. The van der Waals surface area contributed by atoms with E-state index in [1.807, 2.05) is 18.4 Å². The largest absolute Gasteiger partial charge is 0.294 e. The summed E-state index contributed by atoms with van der Waals surface area (Å²) in [7, 11) is 0. The highest BCUT2D eigenvalue weighted by Crippen LogP contribution is 2.36. The molecule has 0 unspecified atom stereocenters. The van der Waals surface area contributed by atoms with E-state index in [9.17, 15) is 4.79 Å². The first-order valence-corrected chi connectivity index (χ1v) is 6.38. The lowest BCUT2D eigenvalue weighted by Gasteiger charge is -1.89. The Bertz CT molecular complexity index is 515. The summed E-state index contributed by atoms with van der Waals surface area (Å²) in [5.41, 5.74) is 0.784. The van der Waals surface area contributed by atoms with Crippen molar-refractivity contribution in [1.29, 1.82) is 0 Å². The molecule has 0 N–H and O–H groups in total. The number of hydrogen-bond acceptors (Lipinski definition) is 4. The second-order valence-corrected chi connectivity index (χ2v) is 5.41. The molecule has 0 radical (unpaired) electrons. The van der Waals surface area contributed by atoms with E-state index in [1.54, 1.807) is 18.3 Å². The number of Topliss-reactive ketones (excluding diaryl/α,β-unsaturated/α-hetero) is 1. The van der Waals surface area contributed by atoms with Gasteiger partial charge in [0.15, 0.2) is 5.78 Å². The number of thiazole rings is 1. The lowest BCUT2D eigenvalue weighted by Crippen LogP contribution is -1.89. The number of aromatic nitrogens is 1. The van der Waals surface area contributed by atoms with E-state index in [1.165, 1.54) is 11.3 Å². The van der Waals surface area contributed by atoms with Gasteiger partial charge in [0.1, 0.15) is 5.01 Å². The maximum absolute atomic E-state index is 11.3. The summed E-state index contributed by atoms with van der Waals surface area (Å²) in [6.07, 6.45) is 0. The molecule has 2 heterocycles. The summed E-state index contributed by atoms with van der Waals surface area (Å²) in [4.78, 5) is 17.3. The quantitative estimate of drug-likeness (QED) is 0.760. The minimum atomic E-state index is 0.0592. The normalized spacial score (nSPS) is 10.6. The topological polar surface area (TPSA) is 30.0 Å². The lowest BCUT2D eigenvalue weighted by atomic mass is 10.3. The number of halogens is 1. The molecule has 2 aromatic rings. The molecule has 78 valence electrons. The average Bonchev–Trinajstić information content (AvgIpc) is 2.71. The Morgan fingerprint density at radius 3 is 2.73 bits per heavy atom. The Morgan fingerprint density at radius 1 is 1.53 bits per heavy atom. The Balaban J connectivity index is 2.52. The predicted molar refractivity (Wildman–Crippen MR) is 65.2 cm³/mol. The van der Waals surface area contributed by atoms with Gasteiger partial charge in [0.05, 0.1) is 20.5 Å². The van der Waals surface area contributed by atoms with Crippen LogP contribution >= 0.6 is 34.3 Å². The Morgan fingerprint density at radius 2 is 2.27 bits per heavy atom.